The van der Waals surface area contributed by atoms with E-state index in [-0.39, 0.29) is 17.3 Å². The van der Waals surface area contributed by atoms with Crippen molar-refractivity contribution in [3.63, 3.8) is 0 Å². The van der Waals surface area contributed by atoms with Gasteiger partial charge in [-0.15, -0.1) is 0 Å². The number of primary amides is 1. The second kappa shape index (κ2) is 10.4. The lowest BCUT2D eigenvalue weighted by Gasteiger charge is -2.12. The van der Waals surface area contributed by atoms with E-state index in [4.69, 9.17) is 10.3 Å². The molecule has 10 heteroatoms. The maximum absolute atomic E-state index is 13.1. The molecule has 0 bridgehead atoms. The maximum atomic E-state index is 13.1. The third-order valence-electron chi connectivity index (χ3n) is 5.03. The van der Waals surface area contributed by atoms with Crippen LogP contribution in [0.5, 0.6) is 0 Å². The predicted octanol–water partition coefficient (Wildman–Crippen LogP) is 3.92. The number of halogens is 1. The van der Waals surface area contributed by atoms with Crippen LogP contribution in [0.3, 0.4) is 0 Å². The molecule has 4 aromatic rings. The Balaban J connectivity index is 1.52. The largest absolute Gasteiger partial charge is 0.370 e. The number of hydrogen-bond donors (Lipinski definition) is 1. The Morgan fingerprint density at radius 1 is 1.06 bits per heavy atom. The Morgan fingerprint density at radius 2 is 1.85 bits per heavy atom. The number of carbonyl (C=O) groups excluding carboxylic acids is 1. The molecule has 4 rings (SSSR count). The number of hydrogen-bond acceptors (Lipinski definition) is 7. The SMILES string of the molecule is NC(=O)CCCCCn1c(SCc2nc(-c3ccc(F)cc3)no2)nc2ccccc2c1=O. The third-order valence-corrected chi connectivity index (χ3v) is 5.99. The minimum Gasteiger partial charge on any atom is -0.370 e. The minimum atomic E-state index is -0.340. The lowest BCUT2D eigenvalue weighted by atomic mass is 10.2. The van der Waals surface area contributed by atoms with Gasteiger partial charge in [0.25, 0.3) is 5.56 Å². The van der Waals surface area contributed by atoms with E-state index >= 15 is 0 Å². The molecule has 0 radical (unpaired) electrons. The van der Waals surface area contributed by atoms with Crippen molar-refractivity contribution in [1.82, 2.24) is 19.7 Å². The highest BCUT2D eigenvalue weighted by Crippen LogP contribution is 2.24. The van der Waals surface area contributed by atoms with Gasteiger partial charge in [0.05, 0.1) is 16.7 Å². The summed E-state index contributed by atoms with van der Waals surface area (Å²) in [6.45, 7) is 0.475. The summed E-state index contributed by atoms with van der Waals surface area (Å²) < 4.78 is 20.1. The molecule has 0 saturated carbocycles. The standard InChI is InChI=1S/C23H22FN5O3S/c24-16-11-9-15(10-12-16)21-27-20(32-28-21)14-33-23-26-18-7-4-3-6-17(18)22(31)29(23)13-5-1-2-8-19(25)30/h3-4,6-7,9-12H,1-2,5,8,13-14H2,(H2,25,30). The van der Waals surface area contributed by atoms with Crippen molar-refractivity contribution in [3.05, 3.63) is 70.6 Å². The van der Waals surface area contributed by atoms with E-state index in [1.54, 1.807) is 28.8 Å². The molecule has 0 saturated heterocycles. The molecular weight excluding hydrogens is 445 g/mol. The van der Waals surface area contributed by atoms with Crippen molar-refractivity contribution >= 4 is 28.6 Å². The first kappa shape index (κ1) is 22.7. The summed E-state index contributed by atoms with van der Waals surface area (Å²) in [5.74, 6) is 0.391. The van der Waals surface area contributed by atoms with Crippen LogP contribution in [0.1, 0.15) is 31.6 Å². The van der Waals surface area contributed by atoms with Crippen molar-refractivity contribution < 1.29 is 13.7 Å². The number of thioether (sulfide) groups is 1. The van der Waals surface area contributed by atoms with Gasteiger partial charge >= 0.3 is 0 Å². The Kier molecular flexibility index (Phi) is 7.13. The molecule has 0 aliphatic carbocycles. The van der Waals surface area contributed by atoms with Crippen LogP contribution in [-0.2, 0) is 17.1 Å². The van der Waals surface area contributed by atoms with Gasteiger partial charge in [-0.2, -0.15) is 4.98 Å². The number of nitrogens with zero attached hydrogens (tertiary/aromatic N) is 4. The number of unbranched alkanes of at least 4 members (excludes halogenated alkanes) is 2. The zero-order valence-corrected chi connectivity index (χ0v) is 18.6. The zero-order chi connectivity index (χ0) is 23.2. The maximum Gasteiger partial charge on any atom is 0.262 e. The van der Waals surface area contributed by atoms with Gasteiger partial charge in [-0.1, -0.05) is 35.5 Å². The van der Waals surface area contributed by atoms with E-state index in [1.165, 1.54) is 23.9 Å². The number of fused-ring (bicyclic) bond motifs is 1. The summed E-state index contributed by atoms with van der Waals surface area (Å²) >= 11 is 1.33. The summed E-state index contributed by atoms with van der Waals surface area (Å²) in [4.78, 5) is 33.1. The van der Waals surface area contributed by atoms with Crippen LogP contribution < -0.4 is 11.3 Å². The highest BCUT2D eigenvalue weighted by molar-refractivity contribution is 7.98. The Bertz CT molecular complexity index is 1320. The van der Waals surface area contributed by atoms with Gasteiger partial charge in [-0.25, -0.2) is 9.37 Å². The van der Waals surface area contributed by atoms with Crippen LogP contribution in [0.15, 0.2) is 63.0 Å². The molecule has 2 N–H and O–H groups in total. The van der Waals surface area contributed by atoms with Crippen LogP contribution in [0, 0.1) is 5.82 Å². The van der Waals surface area contributed by atoms with Gasteiger partial charge in [0.15, 0.2) is 5.16 Å². The number of carbonyl (C=O) groups is 1. The van der Waals surface area contributed by atoms with Gasteiger partial charge in [-0.3, -0.25) is 14.2 Å². The highest BCUT2D eigenvalue weighted by atomic mass is 32.2. The number of amides is 1. The average molecular weight is 468 g/mol. The fourth-order valence-corrected chi connectivity index (χ4v) is 4.22. The van der Waals surface area contributed by atoms with E-state index in [0.717, 1.165) is 12.8 Å². The van der Waals surface area contributed by atoms with Crippen molar-refractivity contribution in [2.24, 2.45) is 5.73 Å². The molecule has 2 heterocycles. The topological polar surface area (TPSA) is 117 Å². The summed E-state index contributed by atoms with van der Waals surface area (Å²) in [5.41, 5.74) is 6.34. The summed E-state index contributed by atoms with van der Waals surface area (Å²) in [5, 5.41) is 5.06. The molecule has 0 fully saturated rings. The normalized spacial score (nSPS) is 11.2. The molecule has 0 aliphatic heterocycles. The molecule has 0 unspecified atom stereocenters. The van der Waals surface area contributed by atoms with Crippen molar-refractivity contribution in [2.45, 2.75) is 43.1 Å². The first-order valence-electron chi connectivity index (χ1n) is 10.5. The van der Waals surface area contributed by atoms with Crippen LogP contribution in [0.4, 0.5) is 4.39 Å². The number of para-hydroxylation sites is 1. The quantitative estimate of drug-likeness (QED) is 0.213. The van der Waals surface area contributed by atoms with Crippen molar-refractivity contribution in [3.8, 4) is 11.4 Å². The molecule has 2 aromatic carbocycles. The molecule has 0 spiro atoms. The first-order chi connectivity index (χ1) is 16.0. The molecule has 2 aromatic heterocycles. The molecule has 1 amide bonds. The fourth-order valence-electron chi connectivity index (χ4n) is 3.36. The van der Waals surface area contributed by atoms with Gasteiger partial charge in [0, 0.05) is 18.5 Å². The Labute approximate surface area is 193 Å². The van der Waals surface area contributed by atoms with Crippen LogP contribution in [0.25, 0.3) is 22.3 Å². The smallest absolute Gasteiger partial charge is 0.262 e. The lowest BCUT2D eigenvalue weighted by molar-refractivity contribution is -0.118. The monoisotopic (exact) mass is 467 g/mol. The molecule has 0 atom stereocenters. The summed E-state index contributed by atoms with van der Waals surface area (Å²) in [7, 11) is 0. The fraction of sp³-hybridized carbons (Fsp3) is 0.261. The van der Waals surface area contributed by atoms with E-state index in [0.29, 0.717) is 58.5 Å². The summed E-state index contributed by atoms with van der Waals surface area (Å²) in [6.07, 6.45) is 2.51. The molecule has 0 aliphatic rings. The predicted molar refractivity (Wildman–Crippen MR) is 123 cm³/mol. The molecule has 8 nitrogen and oxygen atoms in total. The first-order valence-corrected chi connectivity index (χ1v) is 11.5. The Hall–Kier alpha value is -3.53. The van der Waals surface area contributed by atoms with E-state index in [2.05, 4.69) is 15.1 Å². The Morgan fingerprint density at radius 3 is 2.64 bits per heavy atom. The highest BCUT2D eigenvalue weighted by Gasteiger charge is 2.14. The van der Waals surface area contributed by atoms with Crippen LogP contribution in [-0.4, -0.2) is 25.6 Å². The number of nitrogens with two attached hydrogens (primary N) is 1. The third kappa shape index (κ3) is 5.64. The van der Waals surface area contributed by atoms with Crippen LogP contribution >= 0.6 is 11.8 Å². The average Bonchev–Trinajstić information content (AvgIpc) is 3.28. The second-order valence-electron chi connectivity index (χ2n) is 7.45. The zero-order valence-electron chi connectivity index (χ0n) is 17.7. The molecule has 170 valence electrons. The lowest BCUT2D eigenvalue weighted by Crippen LogP contribution is -2.23. The van der Waals surface area contributed by atoms with E-state index in [1.807, 2.05) is 12.1 Å². The van der Waals surface area contributed by atoms with Crippen molar-refractivity contribution in [1.29, 1.82) is 0 Å². The minimum absolute atomic E-state index is 0.115. The van der Waals surface area contributed by atoms with Gasteiger partial charge < -0.3 is 10.3 Å². The molecule has 33 heavy (non-hydrogen) atoms. The number of aromatic nitrogens is 4. The van der Waals surface area contributed by atoms with Crippen molar-refractivity contribution in [2.75, 3.05) is 0 Å². The van der Waals surface area contributed by atoms with Gasteiger partial charge in [-0.05, 0) is 49.2 Å². The summed E-state index contributed by atoms with van der Waals surface area (Å²) in [6, 6.07) is 13.0. The van der Waals surface area contributed by atoms with Gasteiger partial charge in [0.1, 0.15) is 5.82 Å². The van der Waals surface area contributed by atoms with Crippen LogP contribution in [0.2, 0.25) is 0 Å². The number of benzene rings is 2. The van der Waals surface area contributed by atoms with Gasteiger partial charge in [0.2, 0.25) is 17.6 Å². The number of rotatable bonds is 10. The molecular formula is C23H22FN5O3S. The van der Waals surface area contributed by atoms with E-state index < -0.39 is 0 Å². The van der Waals surface area contributed by atoms with E-state index in [9.17, 15) is 14.0 Å². The second-order valence-corrected chi connectivity index (χ2v) is 8.40.